The number of likely N-dealkylation sites (N-methyl/N-ethyl adjacent to an activating group) is 1. The molecule has 0 bridgehead atoms. The summed E-state index contributed by atoms with van der Waals surface area (Å²) in [6, 6.07) is 4.69. The van der Waals surface area contributed by atoms with Crippen molar-refractivity contribution in [2.45, 2.75) is 18.1 Å². The van der Waals surface area contributed by atoms with E-state index in [4.69, 9.17) is 4.74 Å². The lowest BCUT2D eigenvalue weighted by Crippen LogP contribution is -2.67. The van der Waals surface area contributed by atoms with Gasteiger partial charge in [-0.05, 0) is 13.1 Å². The lowest BCUT2D eigenvalue weighted by Gasteiger charge is -2.53. The van der Waals surface area contributed by atoms with E-state index in [0.717, 1.165) is 0 Å². The summed E-state index contributed by atoms with van der Waals surface area (Å²) in [5.41, 5.74) is -0.0959. The van der Waals surface area contributed by atoms with Crippen LogP contribution in [0.5, 0.6) is 5.75 Å². The molecule has 0 amide bonds. The lowest BCUT2D eigenvalue weighted by molar-refractivity contribution is -0.385. The molecule has 0 N–H and O–H groups in total. The van der Waals surface area contributed by atoms with Crippen LogP contribution in [0.4, 0.5) is 15.8 Å². The number of rotatable bonds is 3. The number of hydrogen-bond acceptors (Lipinski definition) is 6. The molecule has 1 spiro atoms. The molecule has 23 heavy (non-hydrogen) atoms. The number of alkyl halides is 1. The van der Waals surface area contributed by atoms with E-state index in [2.05, 4.69) is 0 Å². The van der Waals surface area contributed by atoms with Gasteiger partial charge in [0.25, 0.3) is 5.69 Å². The van der Waals surface area contributed by atoms with Gasteiger partial charge in [0.2, 0.25) is 0 Å². The van der Waals surface area contributed by atoms with E-state index in [-0.39, 0.29) is 16.8 Å². The first-order chi connectivity index (χ1) is 10.9. The molecule has 2 fully saturated rings. The molecule has 1 atom stereocenters. The van der Waals surface area contributed by atoms with E-state index in [0.29, 0.717) is 37.5 Å². The monoisotopic (exact) mass is 320 g/mol. The van der Waals surface area contributed by atoms with Gasteiger partial charge < -0.3 is 9.64 Å². The maximum atomic E-state index is 13.7. The Kier molecular flexibility index (Phi) is 3.60. The molecule has 8 heteroatoms. The van der Waals surface area contributed by atoms with Crippen molar-refractivity contribution >= 4 is 11.4 Å². The third-order valence-electron chi connectivity index (χ3n) is 4.82. The molecule has 0 aliphatic carbocycles. The number of nitriles is 1. The van der Waals surface area contributed by atoms with Gasteiger partial charge in [-0.15, -0.1) is 0 Å². The number of nitro groups is 1. The Bertz CT molecular complexity index is 697. The maximum Gasteiger partial charge on any atom is 0.289 e. The fourth-order valence-corrected chi connectivity index (χ4v) is 3.62. The SMILES string of the molecule is COc1ccc([N+](=O)[O-])c(C#N)c1N1CC2(CC(F)CN2C)C1. The van der Waals surface area contributed by atoms with Crippen molar-refractivity contribution in [3.63, 3.8) is 0 Å². The largest absolute Gasteiger partial charge is 0.495 e. The molecular formula is C15H17FN4O3. The molecular weight excluding hydrogens is 303 g/mol. The summed E-state index contributed by atoms with van der Waals surface area (Å²) in [6.07, 6.45) is -0.413. The first-order valence-corrected chi connectivity index (χ1v) is 7.27. The molecule has 2 aliphatic rings. The fraction of sp³-hybridized carbons (Fsp3) is 0.533. The van der Waals surface area contributed by atoms with Crippen molar-refractivity contribution in [2.24, 2.45) is 0 Å². The topological polar surface area (TPSA) is 82.6 Å². The predicted molar refractivity (Wildman–Crippen MR) is 81.5 cm³/mol. The first-order valence-electron chi connectivity index (χ1n) is 7.27. The molecule has 2 aliphatic heterocycles. The Morgan fingerprint density at radius 1 is 1.52 bits per heavy atom. The second-order valence-corrected chi connectivity index (χ2v) is 6.14. The number of methoxy groups -OCH3 is 1. The van der Waals surface area contributed by atoms with Crippen LogP contribution in [0.3, 0.4) is 0 Å². The van der Waals surface area contributed by atoms with Crippen molar-refractivity contribution in [3.8, 4) is 11.8 Å². The number of ether oxygens (including phenoxy) is 1. The molecule has 0 radical (unpaired) electrons. The maximum absolute atomic E-state index is 13.7. The summed E-state index contributed by atoms with van der Waals surface area (Å²) in [5.74, 6) is 0.416. The van der Waals surface area contributed by atoms with Crippen LogP contribution in [0, 0.1) is 21.4 Å². The third-order valence-corrected chi connectivity index (χ3v) is 4.82. The zero-order chi connectivity index (χ0) is 16.8. The number of anilines is 1. The van der Waals surface area contributed by atoms with Crippen LogP contribution in [0.25, 0.3) is 0 Å². The van der Waals surface area contributed by atoms with Gasteiger partial charge in [-0.1, -0.05) is 0 Å². The average Bonchev–Trinajstić information content (AvgIpc) is 2.78. The van der Waals surface area contributed by atoms with Gasteiger partial charge in [-0.2, -0.15) is 5.26 Å². The Hall–Kier alpha value is -2.40. The fourth-order valence-electron chi connectivity index (χ4n) is 3.62. The van der Waals surface area contributed by atoms with Crippen LogP contribution < -0.4 is 9.64 Å². The molecule has 1 unspecified atom stereocenters. The van der Waals surface area contributed by atoms with Gasteiger partial charge in [0.15, 0.2) is 5.56 Å². The van der Waals surface area contributed by atoms with Crippen molar-refractivity contribution in [1.82, 2.24) is 4.90 Å². The standard InChI is InChI=1S/C15H17FN4O3/c1-18-7-10(16)5-15(18)8-19(9-15)14-11(6-17)12(20(21)22)3-4-13(14)23-2/h3-4,10H,5,7-9H2,1-2H3. The highest BCUT2D eigenvalue weighted by Crippen LogP contribution is 2.45. The van der Waals surface area contributed by atoms with Crippen molar-refractivity contribution in [1.29, 1.82) is 5.26 Å². The zero-order valence-corrected chi connectivity index (χ0v) is 13.0. The number of likely N-dealkylation sites (tertiary alicyclic amines) is 1. The molecule has 1 aromatic carbocycles. The van der Waals surface area contributed by atoms with Crippen LogP contribution in [-0.2, 0) is 0 Å². The van der Waals surface area contributed by atoms with E-state index >= 15 is 0 Å². The second-order valence-electron chi connectivity index (χ2n) is 6.14. The van der Waals surface area contributed by atoms with Crippen LogP contribution in [0.15, 0.2) is 12.1 Å². The second kappa shape index (κ2) is 5.35. The normalized spacial score (nSPS) is 22.7. The number of nitrogens with zero attached hydrogens (tertiary/aromatic N) is 4. The number of halogens is 1. The Morgan fingerprint density at radius 2 is 2.22 bits per heavy atom. The minimum absolute atomic E-state index is 0.0124. The Labute approximate surface area is 133 Å². The summed E-state index contributed by atoms with van der Waals surface area (Å²) in [6.45, 7) is 1.44. The summed E-state index contributed by atoms with van der Waals surface area (Å²) in [5, 5.41) is 20.5. The highest BCUT2D eigenvalue weighted by atomic mass is 19.1. The van der Waals surface area contributed by atoms with Crippen molar-refractivity contribution < 1.29 is 14.1 Å². The molecule has 2 saturated heterocycles. The number of benzene rings is 1. The minimum Gasteiger partial charge on any atom is -0.495 e. The van der Waals surface area contributed by atoms with E-state index in [1.165, 1.54) is 19.2 Å². The van der Waals surface area contributed by atoms with Crippen molar-refractivity contribution in [3.05, 3.63) is 27.8 Å². The van der Waals surface area contributed by atoms with Gasteiger partial charge in [-0.25, -0.2) is 4.39 Å². The molecule has 122 valence electrons. The summed E-state index contributed by atoms with van der Waals surface area (Å²) in [7, 11) is 3.34. The molecule has 1 aromatic rings. The zero-order valence-electron chi connectivity index (χ0n) is 13.0. The third kappa shape index (κ3) is 2.28. The Balaban J connectivity index is 1.96. The van der Waals surface area contributed by atoms with Crippen molar-refractivity contribution in [2.75, 3.05) is 38.7 Å². The average molecular weight is 320 g/mol. The first kappa shape index (κ1) is 15.5. The quantitative estimate of drug-likeness (QED) is 0.623. The van der Waals surface area contributed by atoms with Gasteiger partial charge in [0, 0.05) is 32.1 Å². The Morgan fingerprint density at radius 3 is 2.70 bits per heavy atom. The van der Waals surface area contributed by atoms with Gasteiger partial charge in [-0.3, -0.25) is 15.0 Å². The van der Waals surface area contributed by atoms with Crippen LogP contribution in [-0.4, -0.2) is 55.3 Å². The summed E-state index contributed by atoms with van der Waals surface area (Å²) in [4.78, 5) is 14.4. The molecule has 0 saturated carbocycles. The van der Waals surface area contributed by atoms with E-state index < -0.39 is 11.1 Å². The molecule has 7 nitrogen and oxygen atoms in total. The van der Waals surface area contributed by atoms with Crippen LogP contribution in [0.2, 0.25) is 0 Å². The van der Waals surface area contributed by atoms with Crippen LogP contribution in [0.1, 0.15) is 12.0 Å². The van der Waals surface area contributed by atoms with E-state index in [1.807, 2.05) is 22.9 Å². The van der Waals surface area contributed by atoms with Gasteiger partial charge in [0.05, 0.1) is 17.6 Å². The highest BCUT2D eigenvalue weighted by Gasteiger charge is 2.53. The van der Waals surface area contributed by atoms with Crippen LogP contribution >= 0.6 is 0 Å². The molecule has 0 aromatic heterocycles. The predicted octanol–water partition coefficient (Wildman–Crippen LogP) is 1.71. The molecule has 2 heterocycles. The lowest BCUT2D eigenvalue weighted by atomic mass is 9.85. The summed E-state index contributed by atoms with van der Waals surface area (Å²) >= 11 is 0. The number of hydrogen-bond donors (Lipinski definition) is 0. The van der Waals surface area contributed by atoms with E-state index in [1.54, 1.807) is 0 Å². The van der Waals surface area contributed by atoms with Gasteiger partial charge >= 0.3 is 0 Å². The van der Waals surface area contributed by atoms with Gasteiger partial charge in [0.1, 0.15) is 23.7 Å². The van der Waals surface area contributed by atoms with E-state index in [9.17, 15) is 19.8 Å². The smallest absolute Gasteiger partial charge is 0.289 e. The minimum atomic E-state index is -0.857. The number of nitro benzene ring substituents is 1. The molecule has 3 rings (SSSR count). The highest BCUT2D eigenvalue weighted by molar-refractivity contribution is 5.76. The summed E-state index contributed by atoms with van der Waals surface area (Å²) < 4.78 is 18.9.